The lowest BCUT2D eigenvalue weighted by atomic mass is 10.2. The van der Waals surface area contributed by atoms with Gasteiger partial charge in [-0.15, -0.1) is 5.10 Å². The topological polar surface area (TPSA) is 93.6 Å². The summed E-state index contributed by atoms with van der Waals surface area (Å²) in [6.07, 6.45) is 1.53. The first-order chi connectivity index (χ1) is 9.70. The van der Waals surface area contributed by atoms with Crippen molar-refractivity contribution in [1.82, 2.24) is 20.2 Å². The van der Waals surface area contributed by atoms with Crippen LogP contribution < -0.4 is 5.73 Å². The maximum Gasteiger partial charge on any atom is 0.226 e. The molecule has 6 nitrogen and oxygen atoms in total. The Morgan fingerprint density at radius 1 is 1.35 bits per heavy atom. The minimum Gasteiger partial charge on any atom is -0.444 e. The van der Waals surface area contributed by atoms with Crippen LogP contribution in [0.3, 0.4) is 0 Å². The molecule has 0 bridgehead atoms. The summed E-state index contributed by atoms with van der Waals surface area (Å²) < 4.78 is 18.5. The average molecular weight is 291 g/mol. The van der Waals surface area contributed by atoms with E-state index in [1.165, 1.54) is 30.2 Å². The number of nitrogen functional groups attached to an aromatic ring is 1. The molecule has 1 aromatic carbocycles. The van der Waals surface area contributed by atoms with Crippen molar-refractivity contribution in [2.45, 2.75) is 10.9 Å². The molecule has 0 amide bonds. The summed E-state index contributed by atoms with van der Waals surface area (Å²) in [5.41, 5.74) is 6.75. The molecule has 3 rings (SSSR count). The summed E-state index contributed by atoms with van der Waals surface area (Å²) in [6.45, 7) is 0. The number of halogens is 1. The van der Waals surface area contributed by atoms with Gasteiger partial charge < -0.3 is 10.2 Å². The van der Waals surface area contributed by atoms with Crippen molar-refractivity contribution in [3.63, 3.8) is 0 Å². The Morgan fingerprint density at radius 3 is 3.00 bits per heavy atom. The molecule has 102 valence electrons. The highest BCUT2D eigenvalue weighted by Crippen LogP contribution is 2.23. The average Bonchev–Trinajstić information content (AvgIpc) is 3.05. The lowest BCUT2D eigenvalue weighted by Crippen LogP contribution is -1.85. The summed E-state index contributed by atoms with van der Waals surface area (Å²) in [5.74, 6) is 0.867. The Balaban J connectivity index is 1.70. The maximum atomic E-state index is 13.1. The van der Waals surface area contributed by atoms with Crippen molar-refractivity contribution >= 4 is 17.7 Å². The third-order valence-electron chi connectivity index (χ3n) is 2.45. The van der Waals surface area contributed by atoms with Crippen molar-refractivity contribution in [3.8, 4) is 11.5 Å². The molecular formula is C12H10FN5OS. The number of aromatic amines is 1. The van der Waals surface area contributed by atoms with E-state index in [-0.39, 0.29) is 11.8 Å². The van der Waals surface area contributed by atoms with Gasteiger partial charge in [0.15, 0.2) is 0 Å². The number of nitrogens with one attached hydrogen (secondary N) is 1. The SMILES string of the molecule is Nc1nc(SCc2coc(-c3cccc(F)c3)n2)n[nH]1. The molecule has 8 heteroatoms. The first-order valence-electron chi connectivity index (χ1n) is 5.72. The fourth-order valence-electron chi connectivity index (χ4n) is 1.59. The van der Waals surface area contributed by atoms with Crippen LogP contribution >= 0.6 is 11.8 Å². The van der Waals surface area contributed by atoms with E-state index in [9.17, 15) is 4.39 Å². The van der Waals surface area contributed by atoms with Crippen LogP contribution in [-0.4, -0.2) is 20.2 Å². The van der Waals surface area contributed by atoms with E-state index in [2.05, 4.69) is 20.2 Å². The van der Waals surface area contributed by atoms with Crippen LogP contribution in [0.4, 0.5) is 10.3 Å². The van der Waals surface area contributed by atoms with Gasteiger partial charge in [-0.25, -0.2) is 14.5 Å². The minimum absolute atomic E-state index is 0.271. The molecule has 0 aliphatic heterocycles. The van der Waals surface area contributed by atoms with Gasteiger partial charge in [-0.2, -0.15) is 4.98 Å². The number of aromatic nitrogens is 4. The highest BCUT2D eigenvalue weighted by Gasteiger charge is 2.09. The van der Waals surface area contributed by atoms with Crippen LogP contribution in [0, 0.1) is 5.82 Å². The van der Waals surface area contributed by atoms with Crippen molar-refractivity contribution in [2.24, 2.45) is 0 Å². The molecule has 0 spiro atoms. The number of hydrogen-bond donors (Lipinski definition) is 2. The zero-order valence-electron chi connectivity index (χ0n) is 10.2. The van der Waals surface area contributed by atoms with Gasteiger partial charge in [0.2, 0.25) is 17.0 Å². The van der Waals surface area contributed by atoms with Crippen LogP contribution in [0.5, 0.6) is 0 Å². The zero-order valence-corrected chi connectivity index (χ0v) is 11.0. The van der Waals surface area contributed by atoms with Crippen LogP contribution in [0.25, 0.3) is 11.5 Å². The summed E-state index contributed by atoms with van der Waals surface area (Å²) in [5, 5.41) is 6.99. The van der Waals surface area contributed by atoms with Crippen LogP contribution in [0.15, 0.2) is 40.1 Å². The largest absolute Gasteiger partial charge is 0.444 e. The van der Waals surface area contributed by atoms with Gasteiger partial charge in [0.25, 0.3) is 0 Å². The molecule has 0 atom stereocenters. The van der Waals surface area contributed by atoms with Crippen molar-refractivity contribution < 1.29 is 8.81 Å². The number of nitrogens with zero attached hydrogens (tertiary/aromatic N) is 3. The highest BCUT2D eigenvalue weighted by atomic mass is 32.2. The predicted octanol–water partition coefficient (Wildman–Crippen LogP) is 2.47. The van der Waals surface area contributed by atoms with Gasteiger partial charge in [-0.1, -0.05) is 17.8 Å². The van der Waals surface area contributed by atoms with E-state index >= 15 is 0 Å². The molecule has 0 unspecified atom stereocenters. The Labute approximate surface area is 117 Å². The monoisotopic (exact) mass is 291 g/mol. The maximum absolute atomic E-state index is 13.1. The van der Waals surface area contributed by atoms with Gasteiger partial charge in [0.1, 0.15) is 12.1 Å². The third kappa shape index (κ3) is 2.80. The normalized spacial score (nSPS) is 10.8. The quantitative estimate of drug-likeness (QED) is 0.717. The zero-order chi connectivity index (χ0) is 13.9. The molecule has 2 heterocycles. The lowest BCUT2D eigenvalue weighted by Gasteiger charge is -1.94. The molecule has 2 aromatic heterocycles. The fourth-order valence-corrected chi connectivity index (χ4v) is 2.27. The summed E-state index contributed by atoms with van der Waals surface area (Å²) in [4.78, 5) is 8.26. The van der Waals surface area contributed by atoms with Gasteiger partial charge in [-0.3, -0.25) is 0 Å². The third-order valence-corrected chi connectivity index (χ3v) is 3.34. The van der Waals surface area contributed by atoms with Crippen molar-refractivity contribution in [3.05, 3.63) is 42.0 Å². The molecule has 3 N–H and O–H groups in total. The van der Waals surface area contributed by atoms with Gasteiger partial charge in [0.05, 0.1) is 5.69 Å². The number of thioether (sulfide) groups is 1. The van der Waals surface area contributed by atoms with E-state index in [4.69, 9.17) is 10.2 Å². The molecule has 0 fully saturated rings. The van der Waals surface area contributed by atoms with Crippen molar-refractivity contribution in [2.75, 3.05) is 5.73 Å². The summed E-state index contributed by atoms with van der Waals surface area (Å²) in [6, 6.07) is 6.09. The van der Waals surface area contributed by atoms with Crippen LogP contribution in [0.2, 0.25) is 0 Å². The smallest absolute Gasteiger partial charge is 0.226 e. The van der Waals surface area contributed by atoms with E-state index in [0.29, 0.717) is 22.4 Å². The molecule has 0 radical (unpaired) electrons. The number of rotatable bonds is 4. The van der Waals surface area contributed by atoms with E-state index in [0.717, 1.165) is 5.69 Å². The number of oxazole rings is 1. The number of H-pyrrole nitrogens is 1. The standard InChI is InChI=1S/C12H10FN5OS/c13-8-3-1-2-7(4-8)10-15-9(5-19-10)6-20-12-16-11(14)17-18-12/h1-5H,6H2,(H3,14,16,17,18). The Morgan fingerprint density at radius 2 is 2.25 bits per heavy atom. The molecule has 0 saturated heterocycles. The Hall–Kier alpha value is -2.35. The summed E-state index contributed by atoms with van der Waals surface area (Å²) >= 11 is 1.38. The van der Waals surface area contributed by atoms with Gasteiger partial charge in [-0.05, 0) is 18.2 Å². The first-order valence-corrected chi connectivity index (χ1v) is 6.70. The Kier molecular flexibility index (Phi) is 3.38. The van der Waals surface area contributed by atoms with E-state index in [1.807, 2.05) is 0 Å². The lowest BCUT2D eigenvalue weighted by molar-refractivity contribution is 0.571. The number of hydrogen-bond acceptors (Lipinski definition) is 6. The minimum atomic E-state index is -0.326. The second-order valence-electron chi connectivity index (χ2n) is 3.95. The van der Waals surface area contributed by atoms with Crippen LogP contribution in [0.1, 0.15) is 5.69 Å². The molecule has 20 heavy (non-hydrogen) atoms. The molecule has 0 aliphatic rings. The van der Waals surface area contributed by atoms with Crippen LogP contribution in [-0.2, 0) is 5.75 Å². The van der Waals surface area contributed by atoms with E-state index in [1.54, 1.807) is 12.1 Å². The number of benzene rings is 1. The predicted molar refractivity (Wildman–Crippen MR) is 72.3 cm³/mol. The molecule has 0 aliphatic carbocycles. The molecule has 0 saturated carbocycles. The molecule has 3 aromatic rings. The molecular weight excluding hydrogens is 281 g/mol. The Bertz CT molecular complexity index is 726. The second kappa shape index (κ2) is 5.33. The van der Waals surface area contributed by atoms with E-state index < -0.39 is 0 Å². The number of nitrogens with two attached hydrogens (primary N) is 1. The number of anilines is 1. The summed E-state index contributed by atoms with van der Waals surface area (Å²) in [7, 11) is 0. The first kappa shape index (κ1) is 12.7. The fraction of sp³-hybridized carbons (Fsp3) is 0.0833. The van der Waals surface area contributed by atoms with Gasteiger partial charge in [0, 0.05) is 11.3 Å². The van der Waals surface area contributed by atoms with Gasteiger partial charge >= 0.3 is 0 Å². The highest BCUT2D eigenvalue weighted by molar-refractivity contribution is 7.98. The van der Waals surface area contributed by atoms with Crippen molar-refractivity contribution in [1.29, 1.82) is 0 Å². The second-order valence-corrected chi connectivity index (χ2v) is 4.89.